The molecular formula is C20H21ClFN3O2. The first-order valence-corrected chi connectivity index (χ1v) is 9.02. The van der Waals surface area contributed by atoms with Crippen LogP contribution in [0.15, 0.2) is 36.4 Å². The van der Waals surface area contributed by atoms with E-state index in [9.17, 15) is 9.18 Å². The van der Waals surface area contributed by atoms with Crippen molar-refractivity contribution < 1.29 is 14.3 Å². The summed E-state index contributed by atoms with van der Waals surface area (Å²) in [6, 6.07) is 9.82. The molecule has 2 N–H and O–H groups in total. The van der Waals surface area contributed by atoms with Crippen molar-refractivity contribution in [3.63, 3.8) is 0 Å². The number of halogens is 2. The van der Waals surface area contributed by atoms with Gasteiger partial charge in [0, 0.05) is 28.1 Å². The van der Waals surface area contributed by atoms with Gasteiger partial charge in [0.1, 0.15) is 5.82 Å². The quantitative estimate of drug-likeness (QED) is 0.618. The summed E-state index contributed by atoms with van der Waals surface area (Å²) >= 11 is 6.34. The Balaban J connectivity index is 0.00000126. The Hall–Kier alpha value is -2.73. The molecule has 0 fully saturated rings. The van der Waals surface area contributed by atoms with Gasteiger partial charge in [-0.25, -0.2) is 14.4 Å². The van der Waals surface area contributed by atoms with Gasteiger partial charge >= 0.3 is 5.97 Å². The third-order valence-electron chi connectivity index (χ3n) is 3.76. The minimum atomic E-state index is -0.904. The van der Waals surface area contributed by atoms with E-state index in [1.165, 1.54) is 6.07 Å². The fraction of sp³-hybridized carbons (Fsp3) is 0.250. The number of aromatic nitrogens is 2. The molecule has 5 nitrogen and oxygen atoms in total. The normalized spacial score (nSPS) is 10.3. The van der Waals surface area contributed by atoms with E-state index in [1.807, 2.05) is 20.8 Å². The van der Waals surface area contributed by atoms with E-state index in [4.69, 9.17) is 16.7 Å². The third kappa shape index (κ3) is 4.92. The molecule has 0 aliphatic carbocycles. The zero-order chi connectivity index (χ0) is 20.0. The lowest BCUT2D eigenvalue weighted by molar-refractivity contribution is -0.136. The molecule has 0 radical (unpaired) electrons. The number of aliphatic carboxylic acids is 1. The van der Waals surface area contributed by atoms with Crippen LogP contribution < -0.4 is 5.32 Å². The fourth-order valence-electron chi connectivity index (χ4n) is 2.55. The second-order valence-corrected chi connectivity index (χ2v) is 5.94. The molecule has 0 bridgehead atoms. The van der Waals surface area contributed by atoms with E-state index < -0.39 is 5.97 Å². The highest BCUT2D eigenvalue weighted by Crippen LogP contribution is 2.34. The lowest BCUT2D eigenvalue weighted by atomic mass is 10.0. The van der Waals surface area contributed by atoms with Crippen molar-refractivity contribution in [3.8, 4) is 11.1 Å². The van der Waals surface area contributed by atoms with Crippen LogP contribution in [0.2, 0.25) is 5.02 Å². The first kappa shape index (κ1) is 20.6. The van der Waals surface area contributed by atoms with Gasteiger partial charge in [-0.1, -0.05) is 43.6 Å². The molecule has 142 valence electrons. The Bertz CT molecular complexity index is 963. The third-order valence-corrected chi connectivity index (χ3v) is 4.07. The van der Waals surface area contributed by atoms with E-state index in [0.29, 0.717) is 33.3 Å². The molecule has 0 unspecified atom stereocenters. The Labute approximate surface area is 162 Å². The van der Waals surface area contributed by atoms with Crippen molar-refractivity contribution in [2.45, 2.75) is 27.2 Å². The number of fused-ring (bicyclic) bond motifs is 1. The van der Waals surface area contributed by atoms with E-state index in [2.05, 4.69) is 15.3 Å². The summed E-state index contributed by atoms with van der Waals surface area (Å²) in [6.45, 7) is 6.03. The summed E-state index contributed by atoms with van der Waals surface area (Å²) in [5, 5.41) is 12.8. The van der Waals surface area contributed by atoms with Gasteiger partial charge in [0.05, 0.1) is 17.6 Å². The molecule has 0 atom stereocenters. The fourth-order valence-corrected chi connectivity index (χ4v) is 2.81. The predicted octanol–water partition coefficient (Wildman–Crippen LogP) is 5.31. The van der Waals surface area contributed by atoms with Crippen molar-refractivity contribution >= 4 is 34.4 Å². The molecule has 0 saturated heterocycles. The first-order valence-electron chi connectivity index (χ1n) is 8.64. The Morgan fingerprint density at radius 3 is 2.56 bits per heavy atom. The van der Waals surface area contributed by atoms with Gasteiger partial charge in [0.15, 0.2) is 0 Å². The molecule has 1 aromatic heterocycles. The lowest BCUT2D eigenvalue weighted by Gasteiger charge is -2.11. The number of rotatable bonds is 5. The van der Waals surface area contributed by atoms with Crippen molar-refractivity contribution in [1.82, 2.24) is 9.97 Å². The van der Waals surface area contributed by atoms with Gasteiger partial charge in [-0.2, -0.15) is 0 Å². The number of nitrogens with zero attached hydrogens (tertiary/aromatic N) is 2. The van der Waals surface area contributed by atoms with Gasteiger partial charge < -0.3 is 10.4 Å². The lowest BCUT2D eigenvalue weighted by Crippen LogP contribution is -2.10. The molecule has 0 amide bonds. The van der Waals surface area contributed by atoms with E-state index in [-0.39, 0.29) is 18.8 Å². The summed E-state index contributed by atoms with van der Waals surface area (Å²) in [6.07, 6.45) is -0.0401. The van der Waals surface area contributed by atoms with Crippen LogP contribution in [0, 0.1) is 12.7 Å². The number of nitrogens with one attached hydrogen (secondary N) is 1. The summed E-state index contributed by atoms with van der Waals surface area (Å²) in [7, 11) is 0. The van der Waals surface area contributed by atoms with Crippen molar-refractivity contribution in [1.29, 1.82) is 0 Å². The molecule has 3 aromatic rings. The van der Waals surface area contributed by atoms with E-state index >= 15 is 0 Å². The molecule has 0 spiro atoms. The van der Waals surface area contributed by atoms with Crippen LogP contribution in [0.5, 0.6) is 0 Å². The molecule has 0 saturated carbocycles. The highest BCUT2D eigenvalue weighted by atomic mass is 35.5. The Morgan fingerprint density at radius 2 is 1.89 bits per heavy atom. The van der Waals surface area contributed by atoms with Crippen LogP contribution >= 0.6 is 11.6 Å². The molecule has 7 heteroatoms. The number of carboxylic acids is 1. The molecular weight excluding hydrogens is 369 g/mol. The average molecular weight is 390 g/mol. The predicted molar refractivity (Wildman–Crippen MR) is 107 cm³/mol. The monoisotopic (exact) mass is 389 g/mol. The van der Waals surface area contributed by atoms with Crippen LogP contribution in [0.1, 0.15) is 26.0 Å². The molecule has 0 aliphatic rings. The number of hydrogen-bond donors (Lipinski definition) is 2. The SMILES string of the molecule is CC.Cc1nc(NCCC(=O)O)nc2cc(-c3ccccc3F)c(Cl)cc12. The Kier molecular flexibility index (Phi) is 7.07. The number of anilines is 1. The van der Waals surface area contributed by atoms with Crippen molar-refractivity contribution in [2.75, 3.05) is 11.9 Å². The molecule has 0 aliphatic heterocycles. The summed E-state index contributed by atoms with van der Waals surface area (Å²) < 4.78 is 14.1. The van der Waals surface area contributed by atoms with Crippen molar-refractivity contribution in [2.24, 2.45) is 0 Å². The van der Waals surface area contributed by atoms with Crippen LogP contribution in [-0.2, 0) is 4.79 Å². The molecule has 3 rings (SSSR count). The van der Waals surface area contributed by atoms with E-state index in [0.717, 1.165) is 5.39 Å². The maximum Gasteiger partial charge on any atom is 0.305 e. The number of aryl methyl sites for hydroxylation is 1. The number of carbonyl (C=O) groups is 1. The van der Waals surface area contributed by atoms with Crippen LogP contribution in [0.3, 0.4) is 0 Å². The van der Waals surface area contributed by atoms with Gasteiger partial charge in [-0.3, -0.25) is 4.79 Å². The van der Waals surface area contributed by atoms with Gasteiger partial charge in [0.2, 0.25) is 5.95 Å². The Morgan fingerprint density at radius 1 is 1.19 bits per heavy atom. The van der Waals surface area contributed by atoms with Crippen LogP contribution in [0.25, 0.3) is 22.0 Å². The summed E-state index contributed by atoms with van der Waals surface area (Å²) in [5.74, 6) is -0.943. The first-order chi connectivity index (χ1) is 13.0. The highest BCUT2D eigenvalue weighted by Gasteiger charge is 2.13. The average Bonchev–Trinajstić information content (AvgIpc) is 2.64. The topological polar surface area (TPSA) is 75.1 Å². The number of hydrogen-bond acceptors (Lipinski definition) is 4. The number of benzene rings is 2. The maximum atomic E-state index is 14.1. The zero-order valence-electron chi connectivity index (χ0n) is 15.4. The van der Waals surface area contributed by atoms with Gasteiger partial charge in [0.25, 0.3) is 0 Å². The summed E-state index contributed by atoms with van der Waals surface area (Å²) in [4.78, 5) is 19.3. The van der Waals surface area contributed by atoms with Gasteiger partial charge in [-0.15, -0.1) is 0 Å². The van der Waals surface area contributed by atoms with E-state index in [1.54, 1.807) is 30.3 Å². The minimum Gasteiger partial charge on any atom is -0.481 e. The molecule has 1 heterocycles. The summed E-state index contributed by atoms with van der Waals surface area (Å²) in [5.41, 5.74) is 2.24. The highest BCUT2D eigenvalue weighted by molar-refractivity contribution is 6.34. The largest absolute Gasteiger partial charge is 0.481 e. The standard InChI is InChI=1S/C18H15ClFN3O2.C2H6/c1-10-12-8-14(19)13(11-4-2-3-5-15(11)20)9-16(12)23-18(22-10)21-7-6-17(24)25;1-2/h2-5,8-9H,6-7H2,1H3,(H,24,25)(H,21,22,23);1-2H3. The minimum absolute atomic E-state index is 0.0401. The molecule has 27 heavy (non-hydrogen) atoms. The molecule has 2 aromatic carbocycles. The van der Waals surface area contributed by atoms with Crippen molar-refractivity contribution in [3.05, 3.63) is 52.9 Å². The zero-order valence-corrected chi connectivity index (χ0v) is 16.1. The second kappa shape index (κ2) is 9.28. The van der Waals surface area contributed by atoms with Gasteiger partial charge in [-0.05, 0) is 25.1 Å². The second-order valence-electron chi connectivity index (χ2n) is 5.53. The number of carboxylic acid groups (broad SMARTS) is 1. The smallest absolute Gasteiger partial charge is 0.305 e. The van der Waals surface area contributed by atoms with Crippen LogP contribution in [-0.4, -0.2) is 27.6 Å². The maximum absolute atomic E-state index is 14.1. The van der Waals surface area contributed by atoms with Crippen LogP contribution in [0.4, 0.5) is 10.3 Å².